The van der Waals surface area contributed by atoms with E-state index in [1.54, 1.807) is 23.5 Å². The second-order valence-electron chi connectivity index (χ2n) is 6.09. The summed E-state index contributed by atoms with van der Waals surface area (Å²) in [7, 11) is 0. The standard InChI is InChI=1S/C19H25FN2OS/c1-4-15(3)21-11-19(23)22(13-18-14(2)9-10-24-18)12-16-5-7-17(20)8-6-16/h5-10,15,21H,4,11-13H2,1-3H3/t15-/m1/s1. The van der Waals surface area contributed by atoms with Gasteiger partial charge in [-0.15, -0.1) is 11.3 Å². The summed E-state index contributed by atoms with van der Waals surface area (Å²) in [6.45, 7) is 7.61. The molecule has 1 heterocycles. The highest BCUT2D eigenvalue weighted by Gasteiger charge is 2.17. The van der Waals surface area contributed by atoms with Crippen molar-refractivity contribution in [3.63, 3.8) is 0 Å². The minimum atomic E-state index is -0.260. The van der Waals surface area contributed by atoms with Gasteiger partial charge < -0.3 is 10.2 Å². The Balaban J connectivity index is 2.09. The van der Waals surface area contributed by atoms with Gasteiger partial charge in [-0.25, -0.2) is 4.39 Å². The molecule has 0 aliphatic carbocycles. The number of hydrogen-bond acceptors (Lipinski definition) is 3. The molecule has 130 valence electrons. The minimum absolute atomic E-state index is 0.0624. The third-order valence-electron chi connectivity index (χ3n) is 4.16. The zero-order chi connectivity index (χ0) is 17.5. The summed E-state index contributed by atoms with van der Waals surface area (Å²) in [5.74, 6) is -0.198. The van der Waals surface area contributed by atoms with E-state index in [-0.39, 0.29) is 11.7 Å². The van der Waals surface area contributed by atoms with Gasteiger partial charge in [-0.3, -0.25) is 4.79 Å². The van der Waals surface area contributed by atoms with Crippen LogP contribution in [-0.4, -0.2) is 23.4 Å². The fraction of sp³-hybridized carbons (Fsp3) is 0.421. The van der Waals surface area contributed by atoms with Crippen LogP contribution < -0.4 is 5.32 Å². The summed E-state index contributed by atoms with van der Waals surface area (Å²) in [5, 5.41) is 5.30. The van der Waals surface area contributed by atoms with Gasteiger partial charge in [0.15, 0.2) is 0 Å². The lowest BCUT2D eigenvalue weighted by Gasteiger charge is -2.24. The topological polar surface area (TPSA) is 32.3 Å². The van der Waals surface area contributed by atoms with Crippen LogP contribution in [0.25, 0.3) is 0 Å². The van der Waals surface area contributed by atoms with Crippen LogP contribution >= 0.6 is 11.3 Å². The number of carbonyl (C=O) groups is 1. The SMILES string of the molecule is CC[C@@H](C)NCC(=O)N(Cc1ccc(F)cc1)Cc1sccc1C. The van der Waals surface area contributed by atoms with Crippen LogP contribution in [0.1, 0.15) is 36.3 Å². The minimum Gasteiger partial charge on any atom is -0.332 e. The highest BCUT2D eigenvalue weighted by Crippen LogP contribution is 2.19. The molecule has 0 unspecified atom stereocenters. The van der Waals surface area contributed by atoms with E-state index in [0.717, 1.165) is 12.0 Å². The van der Waals surface area contributed by atoms with Gasteiger partial charge in [-0.05, 0) is 55.0 Å². The number of nitrogens with zero attached hydrogens (tertiary/aromatic N) is 1. The third kappa shape index (κ3) is 5.42. The summed E-state index contributed by atoms with van der Waals surface area (Å²) in [5.41, 5.74) is 2.13. The van der Waals surface area contributed by atoms with E-state index in [0.29, 0.717) is 25.7 Å². The average Bonchev–Trinajstić information content (AvgIpc) is 2.98. The van der Waals surface area contributed by atoms with Crippen molar-refractivity contribution in [1.82, 2.24) is 10.2 Å². The maximum absolute atomic E-state index is 13.1. The maximum atomic E-state index is 13.1. The van der Waals surface area contributed by atoms with Gasteiger partial charge in [0, 0.05) is 17.5 Å². The number of carbonyl (C=O) groups excluding carboxylic acids is 1. The molecule has 0 saturated carbocycles. The Morgan fingerprint density at radius 1 is 1.25 bits per heavy atom. The van der Waals surface area contributed by atoms with Gasteiger partial charge in [0.1, 0.15) is 5.82 Å². The number of thiophene rings is 1. The largest absolute Gasteiger partial charge is 0.332 e. The van der Waals surface area contributed by atoms with E-state index >= 15 is 0 Å². The highest BCUT2D eigenvalue weighted by molar-refractivity contribution is 7.10. The molecule has 3 nitrogen and oxygen atoms in total. The predicted molar refractivity (Wildman–Crippen MR) is 97.5 cm³/mol. The van der Waals surface area contributed by atoms with Gasteiger partial charge in [-0.2, -0.15) is 0 Å². The number of hydrogen-bond donors (Lipinski definition) is 1. The Hall–Kier alpha value is -1.72. The quantitative estimate of drug-likeness (QED) is 0.778. The number of rotatable bonds is 8. The highest BCUT2D eigenvalue weighted by atomic mass is 32.1. The van der Waals surface area contributed by atoms with Crippen LogP contribution in [0, 0.1) is 12.7 Å². The molecular formula is C19H25FN2OS. The molecule has 0 spiro atoms. The van der Waals surface area contributed by atoms with Gasteiger partial charge in [-0.1, -0.05) is 19.1 Å². The average molecular weight is 348 g/mol. The number of amides is 1. The van der Waals surface area contributed by atoms with Crippen molar-refractivity contribution in [2.75, 3.05) is 6.54 Å². The van der Waals surface area contributed by atoms with E-state index in [9.17, 15) is 9.18 Å². The van der Waals surface area contributed by atoms with Crippen molar-refractivity contribution in [1.29, 1.82) is 0 Å². The van der Waals surface area contributed by atoms with Crippen LogP contribution in [0.3, 0.4) is 0 Å². The van der Waals surface area contributed by atoms with E-state index < -0.39 is 0 Å². The third-order valence-corrected chi connectivity index (χ3v) is 5.16. The predicted octanol–water partition coefficient (Wildman–Crippen LogP) is 4.11. The van der Waals surface area contributed by atoms with Crippen LogP contribution in [0.2, 0.25) is 0 Å². The molecular weight excluding hydrogens is 323 g/mol. The van der Waals surface area contributed by atoms with Crippen molar-refractivity contribution >= 4 is 17.2 Å². The lowest BCUT2D eigenvalue weighted by atomic mass is 10.2. The van der Waals surface area contributed by atoms with Gasteiger partial charge in [0.2, 0.25) is 5.91 Å². The van der Waals surface area contributed by atoms with Crippen molar-refractivity contribution in [2.24, 2.45) is 0 Å². The zero-order valence-electron chi connectivity index (χ0n) is 14.5. The Morgan fingerprint density at radius 2 is 1.96 bits per heavy atom. The van der Waals surface area contributed by atoms with Crippen LogP contribution in [0.15, 0.2) is 35.7 Å². The molecule has 2 aromatic rings. The van der Waals surface area contributed by atoms with Crippen molar-refractivity contribution in [3.8, 4) is 0 Å². The number of aryl methyl sites for hydroxylation is 1. The number of nitrogens with one attached hydrogen (secondary N) is 1. The Bertz CT molecular complexity index is 654. The first kappa shape index (κ1) is 18.6. The molecule has 1 aromatic heterocycles. The molecule has 1 amide bonds. The smallest absolute Gasteiger partial charge is 0.237 e. The van der Waals surface area contributed by atoms with E-state index in [4.69, 9.17) is 0 Å². The Kier molecular flexibility index (Phi) is 6.94. The zero-order valence-corrected chi connectivity index (χ0v) is 15.3. The molecule has 0 saturated heterocycles. The molecule has 0 fully saturated rings. The molecule has 2 rings (SSSR count). The van der Waals surface area contributed by atoms with Crippen LogP contribution in [-0.2, 0) is 17.9 Å². The van der Waals surface area contributed by atoms with Crippen LogP contribution in [0.4, 0.5) is 4.39 Å². The van der Waals surface area contributed by atoms with Crippen molar-refractivity contribution in [3.05, 3.63) is 57.5 Å². The molecule has 0 aliphatic heterocycles. The summed E-state index contributed by atoms with van der Waals surface area (Å²) < 4.78 is 13.1. The van der Waals surface area contributed by atoms with E-state index in [1.165, 1.54) is 22.6 Å². The first-order valence-corrected chi connectivity index (χ1v) is 9.16. The lowest BCUT2D eigenvalue weighted by Crippen LogP contribution is -2.40. The summed E-state index contributed by atoms with van der Waals surface area (Å²) >= 11 is 1.66. The second-order valence-corrected chi connectivity index (χ2v) is 7.09. The summed E-state index contributed by atoms with van der Waals surface area (Å²) in [4.78, 5) is 15.7. The molecule has 1 N–H and O–H groups in total. The van der Waals surface area contributed by atoms with E-state index in [2.05, 4.69) is 32.2 Å². The van der Waals surface area contributed by atoms with Gasteiger partial charge in [0.25, 0.3) is 0 Å². The van der Waals surface area contributed by atoms with Crippen molar-refractivity contribution < 1.29 is 9.18 Å². The van der Waals surface area contributed by atoms with Crippen molar-refractivity contribution in [2.45, 2.75) is 46.3 Å². The summed E-state index contributed by atoms with van der Waals surface area (Å²) in [6, 6.07) is 8.72. The molecule has 1 atom stereocenters. The van der Waals surface area contributed by atoms with Gasteiger partial charge >= 0.3 is 0 Å². The molecule has 1 aromatic carbocycles. The normalized spacial score (nSPS) is 12.2. The fourth-order valence-electron chi connectivity index (χ4n) is 2.30. The summed E-state index contributed by atoms with van der Waals surface area (Å²) in [6.07, 6.45) is 0.981. The lowest BCUT2D eigenvalue weighted by molar-refractivity contribution is -0.131. The fourth-order valence-corrected chi connectivity index (χ4v) is 3.22. The van der Waals surface area contributed by atoms with Crippen LogP contribution in [0.5, 0.6) is 0 Å². The van der Waals surface area contributed by atoms with Gasteiger partial charge in [0.05, 0.1) is 13.1 Å². The first-order chi connectivity index (χ1) is 11.5. The Labute approximate surface area is 147 Å². The first-order valence-electron chi connectivity index (χ1n) is 8.28. The van der Waals surface area contributed by atoms with E-state index in [1.807, 2.05) is 10.3 Å². The molecule has 0 bridgehead atoms. The number of halogens is 1. The molecule has 0 radical (unpaired) electrons. The Morgan fingerprint density at radius 3 is 2.54 bits per heavy atom. The number of benzene rings is 1. The monoisotopic (exact) mass is 348 g/mol. The molecule has 0 aliphatic rings. The maximum Gasteiger partial charge on any atom is 0.237 e. The molecule has 5 heteroatoms. The second kappa shape index (κ2) is 8.94. The molecule has 24 heavy (non-hydrogen) atoms.